The van der Waals surface area contributed by atoms with E-state index in [4.69, 9.17) is 9.47 Å². The summed E-state index contributed by atoms with van der Waals surface area (Å²) in [5.41, 5.74) is 3.72. The summed E-state index contributed by atoms with van der Waals surface area (Å²) in [5.74, 6) is 1.53. The van der Waals surface area contributed by atoms with Crippen molar-refractivity contribution in [2.45, 2.75) is 13.0 Å². The average Bonchev–Trinajstić information content (AvgIpc) is 2.73. The van der Waals surface area contributed by atoms with E-state index >= 15 is 0 Å². The summed E-state index contributed by atoms with van der Waals surface area (Å²) < 4.78 is 11.7. The standard InChI is InChI=1S/C25H22O2/c1-26-24-17-23-21(15-19-9-4-2-5-10-19)13-8-14-22(23)16-25(24)27-18-20-11-6-3-7-12-20/h2-14,16-17H,15,18H2,1H3. The maximum Gasteiger partial charge on any atom is 0.162 e. The van der Waals surface area contributed by atoms with Crippen LogP contribution in [0.4, 0.5) is 0 Å². The zero-order valence-electron chi connectivity index (χ0n) is 15.4. The maximum atomic E-state index is 6.06. The second-order valence-electron chi connectivity index (χ2n) is 6.58. The van der Waals surface area contributed by atoms with Crippen LogP contribution in [0.1, 0.15) is 16.7 Å². The Bertz CT molecular complexity index is 1020. The van der Waals surface area contributed by atoms with Crippen molar-refractivity contribution in [3.8, 4) is 11.5 Å². The second-order valence-corrected chi connectivity index (χ2v) is 6.58. The van der Waals surface area contributed by atoms with E-state index in [-0.39, 0.29) is 0 Å². The largest absolute Gasteiger partial charge is 0.493 e. The predicted molar refractivity (Wildman–Crippen MR) is 111 cm³/mol. The fourth-order valence-electron chi connectivity index (χ4n) is 3.33. The Hall–Kier alpha value is -3.26. The molecule has 0 saturated carbocycles. The van der Waals surface area contributed by atoms with Gasteiger partial charge in [-0.3, -0.25) is 0 Å². The Morgan fingerprint density at radius 2 is 1.37 bits per heavy atom. The van der Waals surface area contributed by atoms with E-state index < -0.39 is 0 Å². The Morgan fingerprint density at radius 1 is 0.667 bits per heavy atom. The van der Waals surface area contributed by atoms with Crippen molar-refractivity contribution in [1.29, 1.82) is 0 Å². The molecule has 4 aromatic carbocycles. The minimum absolute atomic E-state index is 0.520. The molecule has 0 aliphatic carbocycles. The first kappa shape index (κ1) is 17.2. The Kier molecular flexibility index (Phi) is 5.06. The minimum atomic E-state index is 0.520. The van der Waals surface area contributed by atoms with E-state index in [2.05, 4.69) is 66.7 Å². The van der Waals surface area contributed by atoms with Crippen LogP contribution in [0.5, 0.6) is 11.5 Å². The van der Waals surface area contributed by atoms with E-state index in [0.29, 0.717) is 6.61 Å². The Labute approximate surface area is 160 Å². The first-order chi connectivity index (χ1) is 13.3. The highest BCUT2D eigenvalue weighted by molar-refractivity contribution is 5.89. The van der Waals surface area contributed by atoms with Gasteiger partial charge in [-0.1, -0.05) is 78.9 Å². The van der Waals surface area contributed by atoms with Crippen molar-refractivity contribution in [2.75, 3.05) is 7.11 Å². The van der Waals surface area contributed by atoms with Gasteiger partial charge in [-0.25, -0.2) is 0 Å². The molecule has 0 radical (unpaired) electrons. The summed E-state index contributed by atoms with van der Waals surface area (Å²) in [6.07, 6.45) is 0.894. The molecule has 0 atom stereocenters. The van der Waals surface area contributed by atoms with Gasteiger partial charge in [0.2, 0.25) is 0 Å². The smallest absolute Gasteiger partial charge is 0.162 e. The molecule has 0 amide bonds. The molecule has 0 fully saturated rings. The summed E-state index contributed by atoms with van der Waals surface area (Å²) >= 11 is 0. The molecule has 0 N–H and O–H groups in total. The molecular formula is C25H22O2. The van der Waals surface area contributed by atoms with Crippen molar-refractivity contribution in [3.63, 3.8) is 0 Å². The van der Waals surface area contributed by atoms with Crippen LogP contribution in [0.25, 0.3) is 10.8 Å². The number of benzene rings is 4. The molecule has 0 aliphatic heterocycles. The predicted octanol–water partition coefficient (Wildman–Crippen LogP) is 6.02. The molecule has 0 aromatic heterocycles. The van der Waals surface area contributed by atoms with Crippen LogP contribution in [0.15, 0.2) is 91.0 Å². The van der Waals surface area contributed by atoms with Crippen molar-refractivity contribution in [1.82, 2.24) is 0 Å². The second kappa shape index (κ2) is 7.96. The third kappa shape index (κ3) is 3.95. The SMILES string of the molecule is COc1cc2c(Cc3ccccc3)cccc2cc1OCc1ccccc1. The molecule has 0 spiro atoms. The lowest BCUT2D eigenvalue weighted by Crippen LogP contribution is -1.98. The summed E-state index contributed by atoms with van der Waals surface area (Å²) in [6.45, 7) is 0.520. The molecular weight excluding hydrogens is 332 g/mol. The highest BCUT2D eigenvalue weighted by atomic mass is 16.5. The van der Waals surface area contributed by atoms with Gasteiger partial charge in [0.25, 0.3) is 0 Å². The normalized spacial score (nSPS) is 10.7. The van der Waals surface area contributed by atoms with Crippen LogP contribution in [0.2, 0.25) is 0 Å². The lowest BCUT2D eigenvalue weighted by molar-refractivity contribution is 0.285. The Balaban J connectivity index is 1.66. The summed E-state index contributed by atoms with van der Waals surface area (Å²) in [7, 11) is 1.69. The molecule has 134 valence electrons. The molecule has 2 nitrogen and oxygen atoms in total. The highest BCUT2D eigenvalue weighted by Gasteiger charge is 2.10. The van der Waals surface area contributed by atoms with Crippen molar-refractivity contribution >= 4 is 10.8 Å². The van der Waals surface area contributed by atoms with Crippen LogP contribution in [-0.4, -0.2) is 7.11 Å². The van der Waals surface area contributed by atoms with Crippen molar-refractivity contribution < 1.29 is 9.47 Å². The van der Waals surface area contributed by atoms with Gasteiger partial charge < -0.3 is 9.47 Å². The van der Waals surface area contributed by atoms with E-state index in [1.54, 1.807) is 7.11 Å². The Morgan fingerprint density at radius 3 is 2.07 bits per heavy atom. The third-order valence-corrected chi connectivity index (χ3v) is 4.73. The van der Waals surface area contributed by atoms with Gasteiger partial charge in [-0.15, -0.1) is 0 Å². The van der Waals surface area contributed by atoms with Gasteiger partial charge >= 0.3 is 0 Å². The molecule has 0 heterocycles. The summed E-state index contributed by atoms with van der Waals surface area (Å²) in [6, 6.07) is 31.3. The van der Waals surface area contributed by atoms with Crippen LogP contribution in [-0.2, 0) is 13.0 Å². The minimum Gasteiger partial charge on any atom is -0.493 e. The fraction of sp³-hybridized carbons (Fsp3) is 0.120. The van der Waals surface area contributed by atoms with E-state index in [0.717, 1.165) is 28.9 Å². The molecule has 2 heteroatoms. The van der Waals surface area contributed by atoms with Crippen LogP contribution in [0.3, 0.4) is 0 Å². The number of ether oxygens (including phenoxy) is 2. The number of rotatable bonds is 6. The van der Waals surface area contributed by atoms with E-state index in [1.807, 2.05) is 24.3 Å². The molecule has 4 rings (SSSR count). The average molecular weight is 354 g/mol. The molecule has 0 bridgehead atoms. The van der Waals surface area contributed by atoms with Crippen molar-refractivity contribution in [2.24, 2.45) is 0 Å². The van der Waals surface area contributed by atoms with Gasteiger partial charge in [0.1, 0.15) is 6.61 Å². The fourth-order valence-corrected chi connectivity index (χ4v) is 3.33. The number of methoxy groups -OCH3 is 1. The van der Waals surface area contributed by atoms with Gasteiger partial charge in [-0.2, -0.15) is 0 Å². The third-order valence-electron chi connectivity index (χ3n) is 4.73. The zero-order chi connectivity index (χ0) is 18.5. The molecule has 4 aromatic rings. The molecule has 27 heavy (non-hydrogen) atoms. The van der Waals surface area contributed by atoms with Gasteiger partial charge in [-0.05, 0) is 46.0 Å². The van der Waals surface area contributed by atoms with Crippen LogP contribution in [0, 0.1) is 0 Å². The monoisotopic (exact) mass is 354 g/mol. The maximum absolute atomic E-state index is 6.06. The topological polar surface area (TPSA) is 18.5 Å². The quantitative estimate of drug-likeness (QED) is 0.422. The van der Waals surface area contributed by atoms with Crippen molar-refractivity contribution in [3.05, 3.63) is 108 Å². The van der Waals surface area contributed by atoms with Gasteiger partial charge in [0.05, 0.1) is 7.11 Å². The molecule has 0 aliphatic rings. The van der Waals surface area contributed by atoms with Crippen LogP contribution >= 0.6 is 0 Å². The number of hydrogen-bond acceptors (Lipinski definition) is 2. The first-order valence-electron chi connectivity index (χ1n) is 9.14. The first-order valence-corrected chi connectivity index (χ1v) is 9.14. The number of hydrogen-bond donors (Lipinski definition) is 0. The van der Waals surface area contributed by atoms with Gasteiger partial charge in [0.15, 0.2) is 11.5 Å². The van der Waals surface area contributed by atoms with Gasteiger partial charge in [0, 0.05) is 0 Å². The summed E-state index contributed by atoms with van der Waals surface area (Å²) in [5, 5.41) is 2.36. The number of fused-ring (bicyclic) bond motifs is 1. The lowest BCUT2D eigenvalue weighted by atomic mass is 9.98. The molecule has 0 unspecified atom stereocenters. The van der Waals surface area contributed by atoms with Crippen LogP contribution < -0.4 is 9.47 Å². The highest BCUT2D eigenvalue weighted by Crippen LogP contribution is 2.35. The lowest BCUT2D eigenvalue weighted by Gasteiger charge is -2.14. The zero-order valence-corrected chi connectivity index (χ0v) is 15.4. The van der Waals surface area contributed by atoms with E-state index in [1.165, 1.54) is 16.5 Å². The van der Waals surface area contributed by atoms with E-state index in [9.17, 15) is 0 Å². The summed E-state index contributed by atoms with van der Waals surface area (Å²) in [4.78, 5) is 0. The molecule has 0 saturated heterocycles.